The first-order chi connectivity index (χ1) is 9.27. The van der Waals surface area contributed by atoms with E-state index in [9.17, 15) is 0 Å². The number of nitrogens with two attached hydrogens (primary N) is 1. The summed E-state index contributed by atoms with van der Waals surface area (Å²) in [4.78, 5) is 6.75. The van der Waals surface area contributed by atoms with Crippen molar-refractivity contribution in [2.45, 2.75) is 44.6 Å². The second kappa shape index (κ2) is 7.34. The summed E-state index contributed by atoms with van der Waals surface area (Å²) in [5.41, 5.74) is 6.57. The third-order valence-corrected chi connectivity index (χ3v) is 4.02. The Morgan fingerprint density at radius 1 is 1.37 bits per heavy atom. The average molecular weight is 262 g/mol. The van der Waals surface area contributed by atoms with Crippen LogP contribution in [0, 0.1) is 0 Å². The van der Waals surface area contributed by atoms with Crippen molar-refractivity contribution in [2.24, 2.45) is 0 Å². The van der Waals surface area contributed by atoms with Crippen molar-refractivity contribution in [3.63, 3.8) is 0 Å². The van der Waals surface area contributed by atoms with Crippen LogP contribution in [0.4, 0.5) is 11.5 Å². The molecule has 0 aromatic carbocycles. The van der Waals surface area contributed by atoms with Crippen LogP contribution in [0.15, 0.2) is 18.3 Å². The summed E-state index contributed by atoms with van der Waals surface area (Å²) in [6.45, 7) is 2.07. The minimum Gasteiger partial charge on any atom is -0.396 e. The quantitative estimate of drug-likeness (QED) is 0.774. The van der Waals surface area contributed by atoms with Crippen LogP contribution in [0.1, 0.15) is 38.5 Å². The average Bonchev–Trinajstić information content (AvgIpc) is 2.46. The van der Waals surface area contributed by atoms with Gasteiger partial charge in [-0.2, -0.15) is 0 Å². The molecule has 1 aliphatic rings. The van der Waals surface area contributed by atoms with Crippen molar-refractivity contribution in [3.8, 4) is 0 Å². The zero-order valence-electron chi connectivity index (χ0n) is 11.9. The van der Waals surface area contributed by atoms with Crippen LogP contribution >= 0.6 is 0 Å². The number of nitrogen functional groups attached to an aromatic ring is 1. The van der Waals surface area contributed by atoms with E-state index in [-0.39, 0.29) is 0 Å². The van der Waals surface area contributed by atoms with Crippen LogP contribution in [-0.2, 0) is 0 Å². The molecule has 0 radical (unpaired) electrons. The lowest BCUT2D eigenvalue weighted by Crippen LogP contribution is -2.34. The first-order valence-electron chi connectivity index (χ1n) is 7.42. The zero-order valence-corrected chi connectivity index (χ0v) is 11.9. The summed E-state index contributed by atoms with van der Waals surface area (Å²) in [7, 11) is 2.26. The van der Waals surface area contributed by atoms with Gasteiger partial charge in [0.2, 0.25) is 0 Å². The number of anilines is 2. The van der Waals surface area contributed by atoms with Crippen molar-refractivity contribution in [3.05, 3.63) is 18.3 Å². The number of hydrogen-bond donors (Lipinski definition) is 2. The van der Waals surface area contributed by atoms with Gasteiger partial charge >= 0.3 is 0 Å². The van der Waals surface area contributed by atoms with Crippen LogP contribution in [0.25, 0.3) is 0 Å². The molecule has 1 aliphatic carbocycles. The highest BCUT2D eigenvalue weighted by atomic mass is 15.1. The van der Waals surface area contributed by atoms with Crippen molar-refractivity contribution >= 4 is 11.5 Å². The number of rotatable bonds is 6. The molecular weight excluding hydrogens is 236 g/mol. The van der Waals surface area contributed by atoms with Crippen molar-refractivity contribution in [2.75, 3.05) is 31.2 Å². The molecule has 0 aliphatic heterocycles. The molecule has 0 bridgehead atoms. The normalized spacial score (nSPS) is 16.7. The Morgan fingerprint density at radius 2 is 2.16 bits per heavy atom. The summed E-state index contributed by atoms with van der Waals surface area (Å²) in [6, 6.07) is 4.54. The standard InChI is InChI=1S/C15H26N4/c1-19(13-7-3-2-4-8-13)12-6-11-18-15-14(16)9-5-10-17-15/h5,9-10,13H,2-4,6-8,11-12,16H2,1H3,(H,17,18). The highest BCUT2D eigenvalue weighted by Gasteiger charge is 2.17. The summed E-state index contributed by atoms with van der Waals surface area (Å²) in [5, 5.41) is 3.31. The third-order valence-electron chi connectivity index (χ3n) is 4.02. The van der Waals surface area contributed by atoms with Crippen molar-refractivity contribution < 1.29 is 0 Å². The number of pyridine rings is 1. The van der Waals surface area contributed by atoms with Crippen LogP contribution in [-0.4, -0.2) is 36.1 Å². The van der Waals surface area contributed by atoms with Crippen LogP contribution in [0.2, 0.25) is 0 Å². The summed E-state index contributed by atoms with van der Waals surface area (Å²) in [5.74, 6) is 0.808. The number of hydrogen-bond acceptors (Lipinski definition) is 4. The molecule has 106 valence electrons. The van der Waals surface area contributed by atoms with Crippen molar-refractivity contribution in [1.29, 1.82) is 0 Å². The Morgan fingerprint density at radius 3 is 2.89 bits per heavy atom. The summed E-state index contributed by atoms with van der Waals surface area (Å²) in [6.07, 6.45) is 9.87. The van der Waals surface area contributed by atoms with Gasteiger partial charge in [-0.25, -0.2) is 4.98 Å². The predicted octanol–water partition coefficient (Wildman–Crippen LogP) is 2.73. The Labute approximate surface area is 116 Å². The summed E-state index contributed by atoms with van der Waals surface area (Å²) < 4.78 is 0. The molecule has 19 heavy (non-hydrogen) atoms. The van der Waals surface area contributed by atoms with Gasteiger partial charge in [0.1, 0.15) is 5.82 Å². The highest BCUT2D eigenvalue weighted by molar-refractivity contribution is 5.60. The molecule has 1 saturated carbocycles. The van der Waals surface area contributed by atoms with E-state index in [1.54, 1.807) is 6.20 Å². The fourth-order valence-electron chi connectivity index (χ4n) is 2.81. The SMILES string of the molecule is CN(CCCNc1ncccc1N)C1CCCCC1. The molecule has 0 amide bonds. The van der Waals surface area contributed by atoms with Gasteiger partial charge < -0.3 is 16.0 Å². The van der Waals surface area contributed by atoms with E-state index in [0.29, 0.717) is 0 Å². The molecule has 0 unspecified atom stereocenters. The van der Waals surface area contributed by atoms with E-state index in [2.05, 4.69) is 22.2 Å². The maximum absolute atomic E-state index is 5.84. The van der Waals surface area contributed by atoms with E-state index >= 15 is 0 Å². The van der Waals surface area contributed by atoms with Crippen LogP contribution in [0.5, 0.6) is 0 Å². The van der Waals surface area contributed by atoms with E-state index < -0.39 is 0 Å². The van der Waals surface area contributed by atoms with E-state index in [1.165, 1.54) is 32.1 Å². The van der Waals surface area contributed by atoms with E-state index in [0.717, 1.165) is 37.1 Å². The monoisotopic (exact) mass is 262 g/mol. The second-order valence-electron chi connectivity index (χ2n) is 5.49. The van der Waals surface area contributed by atoms with Gasteiger partial charge in [-0.05, 0) is 45.0 Å². The van der Waals surface area contributed by atoms with Gasteiger partial charge in [-0.3, -0.25) is 0 Å². The van der Waals surface area contributed by atoms with Gasteiger partial charge in [0.05, 0.1) is 5.69 Å². The summed E-state index contributed by atoms with van der Waals surface area (Å²) >= 11 is 0. The maximum Gasteiger partial charge on any atom is 0.149 e. The molecule has 3 N–H and O–H groups in total. The fourth-order valence-corrected chi connectivity index (χ4v) is 2.81. The first kappa shape index (κ1) is 14.1. The van der Waals surface area contributed by atoms with Crippen molar-refractivity contribution in [1.82, 2.24) is 9.88 Å². The molecule has 1 heterocycles. The Hall–Kier alpha value is -1.29. The predicted molar refractivity (Wildman–Crippen MR) is 81.3 cm³/mol. The van der Waals surface area contributed by atoms with Gasteiger partial charge in [0, 0.05) is 18.8 Å². The lowest BCUT2D eigenvalue weighted by atomic mass is 9.94. The highest BCUT2D eigenvalue weighted by Crippen LogP contribution is 2.21. The molecule has 2 rings (SSSR count). The lowest BCUT2D eigenvalue weighted by Gasteiger charge is -2.31. The molecule has 4 nitrogen and oxygen atoms in total. The molecule has 1 aromatic heterocycles. The molecule has 0 spiro atoms. The van der Waals surface area contributed by atoms with Gasteiger partial charge in [-0.1, -0.05) is 19.3 Å². The topological polar surface area (TPSA) is 54.2 Å². The lowest BCUT2D eigenvalue weighted by molar-refractivity contribution is 0.191. The number of nitrogens with zero attached hydrogens (tertiary/aromatic N) is 2. The van der Waals surface area contributed by atoms with Gasteiger partial charge in [-0.15, -0.1) is 0 Å². The minimum absolute atomic E-state index is 0.725. The van der Waals surface area contributed by atoms with Crippen LogP contribution in [0.3, 0.4) is 0 Å². The van der Waals surface area contributed by atoms with Gasteiger partial charge in [0.25, 0.3) is 0 Å². The first-order valence-corrected chi connectivity index (χ1v) is 7.42. The van der Waals surface area contributed by atoms with E-state index in [4.69, 9.17) is 5.73 Å². The number of nitrogens with one attached hydrogen (secondary N) is 1. The molecule has 0 saturated heterocycles. The molecule has 4 heteroatoms. The Bertz CT molecular complexity index is 374. The Balaban J connectivity index is 1.65. The molecule has 1 aromatic rings. The van der Waals surface area contributed by atoms with E-state index in [1.807, 2.05) is 12.1 Å². The largest absolute Gasteiger partial charge is 0.396 e. The van der Waals surface area contributed by atoms with Crippen LogP contribution < -0.4 is 11.1 Å². The number of aromatic nitrogens is 1. The molecule has 0 atom stereocenters. The maximum atomic E-state index is 5.84. The second-order valence-corrected chi connectivity index (χ2v) is 5.49. The molecule has 1 fully saturated rings. The van der Waals surface area contributed by atoms with Gasteiger partial charge in [0.15, 0.2) is 0 Å². The fraction of sp³-hybridized carbons (Fsp3) is 0.667. The third kappa shape index (κ3) is 4.39. The minimum atomic E-state index is 0.725. The zero-order chi connectivity index (χ0) is 13.5. The molecular formula is C15H26N4. The Kier molecular flexibility index (Phi) is 5.45. The smallest absolute Gasteiger partial charge is 0.149 e.